The van der Waals surface area contributed by atoms with Crippen molar-refractivity contribution < 1.29 is 4.39 Å². The van der Waals surface area contributed by atoms with Gasteiger partial charge in [-0.15, -0.1) is 0 Å². The van der Waals surface area contributed by atoms with Gasteiger partial charge in [-0.05, 0) is 31.0 Å². The highest BCUT2D eigenvalue weighted by molar-refractivity contribution is 9.10. The van der Waals surface area contributed by atoms with Crippen LogP contribution >= 0.6 is 27.7 Å². The van der Waals surface area contributed by atoms with Gasteiger partial charge in [0, 0.05) is 10.2 Å². The molecule has 2 rings (SSSR count). The molecule has 0 radical (unpaired) electrons. The van der Waals surface area contributed by atoms with Crippen molar-refractivity contribution in [1.82, 2.24) is 0 Å². The van der Waals surface area contributed by atoms with E-state index in [4.69, 9.17) is 4.99 Å². The maximum Gasteiger partial charge on any atom is 0.161 e. The summed E-state index contributed by atoms with van der Waals surface area (Å²) in [6, 6.07) is 4.86. The van der Waals surface area contributed by atoms with Crippen LogP contribution in [-0.2, 0) is 0 Å². The second-order valence-corrected chi connectivity index (χ2v) is 6.27. The fourth-order valence-electron chi connectivity index (χ4n) is 1.87. The molecule has 0 saturated heterocycles. The van der Waals surface area contributed by atoms with Crippen molar-refractivity contribution in [2.75, 3.05) is 11.1 Å². The summed E-state index contributed by atoms with van der Waals surface area (Å²) in [4.78, 5) is 4.71. The molecule has 1 N–H and O–H groups in total. The van der Waals surface area contributed by atoms with Gasteiger partial charge in [0.05, 0.1) is 11.2 Å². The molecule has 98 valence electrons. The molecular weight excluding hydrogens is 315 g/mol. The third-order valence-electron chi connectivity index (χ3n) is 3.30. The Bertz CT molecular complexity index is 472. The Kier molecular flexibility index (Phi) is 4.33. The highest BCUT2D eigenvalue weighted by Gasteiger charge is 2.32. The number of anilines is 1. The Hall–Kier alpha value is -0.550. The van der Waals surface area contributed by atoms with Gasteiger partial charge in [-0.1, -0.05) is 41.5 Å². The first-order chi connectivity index (χ1) is 8.58. The summed E-state index contributed by atoms with van der Waals surface area (Å²) < 4.78 is 14.5. The third-order valence-corrected chi connectivity index (χ3v) is 4.94. The predicted molar refractivity (Wildman–Crippen MR) is 80.9 cm³/mol. The Labute approximate surface area is 120 Å². The zero-order chi connectivity index (χ0) is 13.2. The SMILES string of the molecule is CCC1(CC)CSC(Nc2cc(Br)ccc2F)=N1. The Morgan fingerprint density at radius 2 is 2.17 bits per heavy atom. The molecule has 18 heavy (non-hydrogen) atoms. The lowest BCUT2D eigenvalue weighted by Gasteiger charge is -2.20. The van der Waals surface area contributed by atoms with Crippen LogP contribution in [-0.4, -0.2) is 16.5 Å². The number of amidine groups is 1. The summed E-state index contributed by atoms with van der Waals surface area (Å²) in [7, 11) is 0. The van der Waals surface area contributed by atoms with Gasteiger partial charge in [-0.25, -0.2) is 4.39 Å². The van der Waals surface area contributed by atoms with Gasteiger partial charge in [0.1, 0.15) is 5.82 Å². The van der Waals surface area contributed by atoms with E-state index in [1.807, 2.05) is 0 Å². The van der Waals surface area contributed by atoms with E-state index in [9.17, 15) is 4.39 Å². The monoisotopic (exact) mass is 330 g/mol. The van der Waals surface area contributed by atoms with E-state index in [0.29, 0.717) is 5.69 Å². The summed E-state index contributed by atoms with van der Waals surface area (Å²) in [5, 5.41) is 3.90. The molecule has 2 nitrogen and oxygen atoms in total. The summed E-state index contributed by atoms with van der Waals surface area (Å²) in [5.74, 6) is 0.713. The van der Waals surface area contributed by atoms with Crippen LogP contribution in [0.1, 0.15) is 26.7 Å². The number of hydrogen-bond donors (Lipinski definition) is 1. The third kappa shape index (κ3) is 2.88. The minimum atomic E-state index is -0.257. The molecule has 0 unspecified atom stereocenters. The number of benzene rings is 1. The second kappa shape index (κ2) is 5.61. The van der Waals surface area contributed by atoms with Crippen LogP contribution in [0.25, 0.3) is 0 Å². The van der Waals surface area contributed by atoms with Crippen molar-refractivity contribution in [3.8, 4) is 0 Å². The number of aliphatic imine (C=N–C) groups is 1. The average molecular weight is 331 g/mol. The summed E-state index contributed by atoms with van der Waals surface area (Å²) in [6.07, 6.45) is 2.03. The van der Waals surface area contributed by atoms with Gasteiger partial charge < -0.3 is 5.32 Å². The molecule has 0 fully saturated rings. The maximum atomic E-state index is 13.6. The molecule has 0 aliphatic carbocycles. The van der Waals surface area contributed by atoms with Gasteiger partial charge in [-0.3, -0.25) is 4.99 Å². The standard InChI is InChI=1S/C13H16BrFN2S/c1-3-13(4-2)8-18-12(17-13)16-11-7-9(14)5-6-10(11)15/h5-7H,3-4,8H2,1-2H3,(H,16,17). The zero-order valence-corrected chi connectivity index (χ0v) is 12.9. The molecule has 1 aliphatic heterocycles. The van der Waals surface area contributed by atoms with Gasteiger partial charge in [-0.2, -0.15) is 0 Å². The lowest BCUT2D eigenvalue weighted by molar-refractivity contribution is 0.456. The van der Waals surface area contributed by atoms with E-state index in [1.54, 1.807) is 23.9 Å². The number of rotatable bonds is 3. The highest BCUT2D eigenvalue weighted by Crippen LogP contribution is 2.34. The van der Waals surface area contributed by atoms with E-state index >= 15 is 0 Å². The summed E-state index contributed by atoms with van der Waals surface area (Å²) >= 11 is 5.01. The van der Waals surface area contributed by atoms with Crippen molar-refractivity contribution in [2.24, 2.45) is 4.99 Å². The number of nitrogens with zero attached hydrogens (tertiary/aromatic N) is 1. The van der Waals surface area contributed by atoms with Gasteiger partial charge in [0.25, 0.3) is 0 Å². The van der Waals surface area contributed by atoms with Crippen LogP contribution in [0, 0.1) is 5.82 Å². The zero-order valence-electron chi connectivity index (χ0n) is 10.5. The van der Waals surface area contributed by atoms with E-state index in [-0.39, 0.29) is 11.4 Å². The first-order valence-corrected chi connectivity index (χ1v) is 7.81. The van der Waals surface area contributed by atoms with Crippen LogP contribution in [0.2, 0.25) is 0 Å². The van der Waals surface area contributed by atoms with E-state index in [0.717, 1.165) is 28.2 Å². The molecule has 0 atom stereocenters. The summed E-state index contributed by atoms with van der Waals surface area (Å²) in [6.45, 7) is 4.30. The number of nitrogens with one attached hydrogen (secondary N) is 1. The van der Waals surface area contributed by atoms with Crippen molar-refractivity contribution in [3.05, 3.63) is 28.5 Å². The molecule has 0 aromatic heterocycles. The largest absolute Gasteiger partial charge is 0.333 e. The molecule has 1 aromatic rings. The van der Waals surface area contributed by atoms with Crippen LogP contribution in [0.4, 0.5) is 10.1 Å². The first kappa shape index (κ1) is 13.9. The molecule has 1 aromatic carbocycles. The fraction of sp³-hybridized carbons (Fsp3) is 0.462. The van der Waals surface area contributed by atoms with E-state index in [1.165, 1.54) is 6.07 Å². The highest BCUT2D eigenvalue weighted by atomic mass is 79.9. The minimum absolute atomic E-state index is 0.0233. The number of hydrogen-bond acceptors (Lipinski definition) is 3. The Balaban J connectivity index is 2.18. The van der Waals surface area contributed by atoms with Gasteiger partial charge >= 0.3 is 0 Å². The van der Waals surface area contributed by atoms with Crippen LogP contribution in [0.3, 0.4) is 0 Å². The molecule has 5 heteroatoms. The van der Waals surface area contributed by atoms with Crippen LogP contribution < -0.4 is 5.32 Å². The number of halogens is 2. The molecule has 1 heterocycles. The van der Waals surface area contributed by atoms with E-state index in [2.05, 4.69) is 35.1 Å². The topological polar surface area (TPSA) is 24.4 Å². The van der Waals surface area contributed by atoms with E-state index < -0.39 is 0 Å². The predicted octanol–water partition coefficient (Wildman–Crippen LogP) is 4.66. The molecule has 0 saturated carbocycles. The van der Waals surface area contributed by atoms with Crippen LogP contribution in [0.15, 0.2) is 27.7 Å². The smallest absolute Gasteiger partial charge is 0.161 e. The molecule has 1 aliphatic rings. The van der Waals surface area contributed by atoms with Gasteiger partial charge in [0.15, 0.2) is 5.17 Å². The Morgan fingerprint density at radius 3 is 2.78 bits per heavy atom. The lowest BCUT2D eigenvalue weighted by Crippen LogP contribution is -2.24. The second-order valence-electron chi connectivity index (χ2n) is 4.39. The quantitative estimate of drug-likeness (QED) is 0.871. The van der Waals surface area contributed by atoms with Crippen molar-refractivity contribution >= 4 is 38.5 Å². The van der Waals surface area contributed by atoms with Crippen LogP contribution in [0.5, 0.6) is 0 Å². The molecule has 0 bridgehead atoms. The van der Waals surface area contributed by atoms with Gasteiger partial charge in [0.2, 0.25) is 0 Å². The fourth-order valence-corrected chi connectivity index (χ4v) is 3.55. The molecular formula is C13H16BrFN2S. The molecule has 0 spiro atoms. The average Bonchev–Trinajstić information content (AvgIpc) is 2.78. The maximum absolute atomic E-state index is 13.6. The Morgan fingerprint density at radius 1 is 1.44 bits per heavy atom. The normalized spacial score (nSPS) is 17.7. The lowest BCUT2D eigenvalue weighted by atomic mass is 9.97. The first-order valence-electron chi connectivity index (χ1n) is 6.03. The van der Waals surface area contributed by atoms with Crippen molar-refractivity contribution in [1.29, 1.82) is 0 Å². The summed E-state index contributed by atoms with van der Waals surface area (Å²) in [5.41, 5.74) is 0.494. The van der Waals surface area contributed by atoms with Crippen molar-refractivity contribution in [2.45, 2.75) is 32.2 Å². The minimum Gasteiger partial charge on any atom is -0.333 e. The van der Waals surface area contributed by atoms with Crippen molar-refractivity contribution in [3.63, 3.8) is 0 Å². The molecule has 0 amide bonds. The number of thioether (sulfide) groups is 1.